The molecule has 8 heteroatoms. The lowest BCUT2D eigenvalue weighted by atomic mass is 9.83. The number of benzene rings is 1. The first-order valence-corrected chi connectivity index (χ1v) is 8.62. The predicted molar refractivity (Wildman–Crippen MR) is 85.9 cm³/mol. The zero-order valence-electron chi connectivity index (χ0n) is 12.6. The van der Waals surface area contributed by atoms with E-state index in [1.165, 1.54) is 0 Å². The summed E-state index contributed by atoms with van der Waals surface area (Å²) < 4.78 is 23.3. The highest BCUT2D eigenvalue weighted by Gasteiger charge is 2.52. The van der Waals surface area contributed by atoms with Crippen LogP contribution in [0.3, 0.4) is 0 Å². The van der Waals surface area contributed by atoms with Crippen LogP contribution < -0.4 is 0 Å². The van der Waals surface area contributed by atoms with E-state index in [2.05, 4.69) is 16.3 Å². The summed E-state index contributed by atoms with van der Waals surface area (Å²) in [5.41, 5.74) is 16.5. The van der Waals surface area contributed by atoms with E-state index in [1.807, 2.05) is 0 Å². The molecular formula is C15H18N4O3S. The molecule has 0 unspecified atom stereocenters. The summed E-state index contributed by atoms with van der Waals surface area (Å²) in [5.74, 6) is -0.405. The monoisotopic (exact) mass is 334 g/mol. The van der Waals surface area contributed by atoms with Gasteiger partial charge in [-0.3, -0.25) is 4.79 Å². The molecule has 1 aromatic rings. The number of hydrogen-bond donors (Lipinski definition) is 0. The Kier molecular flexibility index (Phi) is 6.72. The van der Waals surface area contributed by atoms with E-state index >= 15 is 0 Å². The highest BCUT2D eigenvalue weighted by molar-refractivity contribution is 8.06. The largest absolute Gasteiger partial charge is 0.371 e. The summed E-state index contributed by atoms with van der Waals surface area (Å²) in [6.45, 7) is 2.67. The quantitative estimate of drug-likeness (QED) is 0.275. The Morgan fingerprint density at radius 1 is 1.13 bits per heavy atom. The van der Waals surface area contributed by atoms with Crippen molar-refractivity contribution in [2.24, 2.45) is 0 Å². The standard InChI is InChI=1S/C14H16N2O3S.CH2N2/c15-16-11-20(18,19)14(9-5-2-6-10-14)13(17)12-7-3-1-4-8-12;1-3-2/h1,3-4,7-8,11H,2,5-6,9-10H2;1H2. The molecule has 0 N–H and O–H groups in total. The maximum atomic E-state index is 12.7. The van der Waals surface area contributed by atoms with E-state index in [-0.39, 0.29) is 12.8 Å². The van der Waals surface area contributed by atoms with Crippen molar-refractivity contribution >= 4 is 27.9 Å². The van der Waals surface area contributed by atoms with Crippen LogP contribution in [0.15, 0.2) is 30.3 Å². The van der Waals surface area contributed by atoms with Crippen LogP contribution in [-0.4, -0.2) is 40.8 Å². The number of Topliss-reactive ketones (excluding diaryl/α,β-unsaturated/α-hetero) is 1. The van der Waals surface area contributed by atoms with Crippen LogP contribution in [0.4, 0.5) is 0 Å². The molecule has 1 saturated carbocycles. The van der Waals surface area contributed by atoms with E-state index in [0.29, 0.717) is 24.0 Å². The van der Waals surface area contributed by atoms with E-state index in [4.69, 9.17) is 11.1 Å². The van der Waals surface area contributed by atoms with E-state index < -0.39 is 20.4 Å². The fourth-order valence-electron chi connectivity index (χ4n) is 2.78. The first kappa shape index (κ1) is 18.6. The van der Waals surface area contributed by atoms with Crippen LogP contribution in [0, 0.1) is 0 Å². The summed E-state index contributed by atoms with van der Waals surface area (Å²) in [4.78, 5) is 17.6. The highest BCUT2D eigenvalue weighted by atomic mass is 32.2. The number of hydrogen-bond acceptors (Lipinski definition) is 3. The van der Waals surface area contributed by atoms with Gasteiger partial charge in [-0.1, -0.05) is 49.6 Å². The molecule has 0 spiro atoms. The molecule has 1 aliphatic rings. The van der Waals surface area contributed by atoms with Crippen molar-refractivity contribution in [2.75, 3.05) is 0 Å². The van der Waals surface area contributed by atoms with Crippen molar-refractivity contribution in [3.05, 3.63) is 47.0 Å². The van der Waals surface area contributed by atoms with Gasteiger partial charge in [-0.05, 0) is 12.8 Å². The summed E-state index contributed by atoms with van der Waals surface area (Å²) in [6, 6.07) is 8.41. The molecule has 0 atom stereocenters. The van der Waals surface area contributed by atoms with Gasteiger partial charge >= 0.3 is 5.55 Å². The van der Waals surface area contributed by atoms with Gasteiger partial charge in [0.2, 0.25) is 6.72 Å². The average molecular weight is 334 g/mol. The molecule has 0 amide bonds. The molecule has 0 heterocycles. The first-order valence-electron chi connectivity index (χ1n) is 7.07. The SMILES string of the molecule is C=[N+]=[N-].[N-]=[N+]=CS(=O)(=O)C1(C(=O)c2ccccc2)CCCCC1. The Morgan fingerprint density at radius 3 is 2.13 bits per heavy atom. The van der Waals surface area contributed by atoms with Gasteiger partial charge in [0.05, 0.1) is 0 Å². The van der Waals surface area contributed by atoms with Crippen molar-refractivity contribution < 1.29 is 22.8 Å². The third-order valence-electron chi connectivity index (χ3n) is 3.84. The fraction of sp³-hybridized carbons (Fsp3) is 0.400. The number of sulfone groups is 1. The molecule has 0 radical (unpaired) electrons. The third-order valence-corrected chi connectivity index (χ3v) is 5.90. The van der Waals surface area contributed by atoms with Crippen LogP contribution in [0.5, 0.6) is 0 Å². The topological polar surface area (TPSA) is 124 Å². The van der Waals surface area contributed by atoms with Crippen molar-refractivity contribution in [1.82, 2.24) is 0 Å². The van der Waals surface area contributed by atoms with Crippen molar-refractivity contribution in [1.29, 1.82) is 0 Å². The Bertz CT molecular complexity index is 725. The van der Waals surface area contributed by atoms with Crippen LogP contribution in [0.2, 0.25) is 0 Å². The van der Waals surface area contributed by atoms with Gasteiger partial charge < -0.3 is 11.1 Å². The molecule has 0 bridgehead atoms. The van der Waals surface area contributed by atoms with E-state index in [9.17, 15) is 13.2 Å². The minimum Gasteiger partial charge on any atom is -0.362 e. The van der Waals surface area contributed by atoms with Crippen molar-refractivity contribution in [3.63, 3.8) is 0 Å². The zero-order valence-corrected chi connectivity index (χ0v) is 13.4. The van der Waals surface area contributed by atoms with Gasteiger partial charge in [0, 0.05) is 5.56 Å². The molecule has 1 aliphatic carbocycles. The average Bonchev–Trinajstić information content (AvgIpc) is 2.56. The molecule has 122 valence electrons. The van der Waals surface area contributed by atoms with Gasteiger partial charge in [0.25, 0.3) is 9.84 Å². The Labute approximate surface area is 135 Å². The van der Waals surface area contributed by atoms with Crippen molar-refractivity contribution in [2.45, 2.75) is 36.9 Å². The predicted octanol–water partition coefficient (Wildman–Crippen LogP) is 2.16. The van der Waals surface area contributed by atoms with Crippen LogP contribution >= 0.6 is 0 Å². The second kappa shape index (κ2) is 8.29. The van der Waals surface area contributed by atoms with Gasteiger partial charge in [0.15, 0.2) is 5.78 Å². The number of carbonyl (C=O) groups is 1. The molecule has 23 heavy (non-hydrogen) atoms. The normalized spacial score (nSPS) is 16.0. The second-order valence-corrected chi connectivity index (χ2v) is 7.24. The van der Waals surface area contributed by atoms with Crippen LogP contribution in [0.1, 0.15) is 42.5 Å². The minimum absolute atomic E-state index is 0.273. The number of carbonyl (C=O) groups excluding carboxylic acids is 1. The van der Waals surface area contributed by atoms with Gasteiger partial charge in [0.1, 0.15) is 4.75 Å². The number of ketones is 1. The van der Waals surface area contributed by atoms with E-state index in [0.717, 1.165) is 6.42 Å². The number of rotatable bonds is 4. The molecule has 0 saturated heterocycles. The molecule has 1 fully saturated rings. The van der Waals surface area contributed by atoms with Crippen LogP contribution in [0.25, 0.3) is 11.1 Å². The first-order chi connectivity index (χ1) is 10.9. The lowest BCUT2D eigenvalue weighted by molar-refractivity contribution is 0.00723. The van der Waals surface area contributed by atoms with Gasteiger partial charge in [-0.25, -0.2) is 8.42 Å². The van der Waals surface area contributed by atoms with Gasteiger partial charge in [-0.2, -0.15) is 9.58 Å². The molecule has 2 rings (SSSR count). The second-order valence-electron chi connectivity index (χ2n) is 5.16. The summed E-state index contributed by atoms with van der Waals surface area (Å²) in [7, 11) is -3.93. The molecular weight excluding hydrogens is 316 g/mol. The molecule has 0 aromatic heterocycles. The van der Waals surface area contributed by atoms with Crippen LogP contribution in [-0.2, 0) is 9.84 Å². The Hall–Kier alpha value is -2.40. The summed E-state index contributed by atoms with van der Waals surface area (Å²) in [5, 5.41) is 0. The molecule has 7 nitrogen and oxygen atoms in total. The molecule has 0 aliphatic heterocycles. The summed E-state index contributed by atoms with van der Waals surface area (Å²) in [6.07, 6.45) is 2.81. The smallest absolute Gasteiger partial charge is 0.362 e. The van der Waals surface area contributed by atoms with Crippen molar-refractivity contribution in [3.8, 4) is 0 Å². The lowest BCUT2D eigenvalue weighted by Gasteiger charge is -2.32. The fourth-order valence-corrected chi connectivity index (χ4v) is 4.34. The lowest BCUT2D eigenvalue weighted by Crippen LogP contribution is -2.48. The Morgan fingerprint density at radius 2 is 1.65 bits per heavy atom. The van der Waals surface area contributed by atoms with Gasteiger partial charge in [-0.15, -0.1) is 0 Å². The maximum absolute atomic E-state index is 12.7. The zero-order chi connectivity index (χ0) is 17.3. The number of nitrogens with zero attached hydrogens (tertiary/aromatic N) is 4. The third kappa shape index (κ3) is 4.07. The molecule has 1 aromatic carbocycles. The van der Waals surface area contributed by atoms with E-state index in [1.54, 1.807) is 30.3 Å². The Balaban J connectivity index is 0.000000816. The highest BCUT2D eigenvalue weighted by Crippen LogP contribution is 2.37. The maximum Gasteiger partial charge on any atom is 0.371 e. The summed E-state index contributed by atoms with van der Waals surface area (Å²) >= 11 is 0. The minimum atomic E-state index is -3.93.